The molecular formula is C23H23N. The summed E-state index contributed by atoms with van der Waals surface area (Å²) in [4.78, 5) is 4.99. The third-order valence-corrected chi connectivity index (χ3v) is 4.72. The van der Waals surface area contributed by atoms with E-state index in [-0.39, 0.29) is 0 Å². The third kappa shape index (κ3) is 2.45. The van der Waals surface area contributed by atoms with Crippen LogP contribution in [0.5, 0.6) is 0 Å². The van der Waals surface area contributed by atoms with Gasteiger partial charge in [-0.15, -0.1) is 0 Å². The Kier molecular flexibility index (Phi) is 3.53. The zero-order valence-electron chi connectivity index (χ0n) is 14.9. The lowest BCUT2D eigenvalue weighted by molar-refractivity contribution is 0.650. The molecule has 0 bridgehead atoms. The van der Waals surface area contributed by atoms with E-state index >= 15 is 0 Å². The number of benzene rings is 3. The minimum absolute atomic E-state index is 0.656. The molecule has 1 nitrogen and oxygen atoms in total. The van der Waals surface area contributed by atoms with Gasteiger partial charge in [0.1, 0.15) is 0 Å². The van der Waals surface area contributed by atoms with Crippen molar-refractivity contribution in [3.05, 3.63) is 76.3 Å². The van der Waals surface area contributed by atoms with Crippen LogP contribution < -0.4 is 0 Å². The second kappa shape index (κ2) is 5.59. The van der Waals surface area contributed by atoms with Crippen LogP contribution in [0, 0.1) is 19.8 Å². The average Bonchev–Trinajstić information content (AvgIpc) is 2.89. The van der Waals surface area contributed by atoms with Gasteiger partial charge in [-0.3, -0.25) is 0 Å². The quantitative estimate of drug-likeness (QED) is 0.431. The Morgan fingerprint density at radius 3 is 2.38 bits per heavy atom. The van der Waals surface area contributed by atoms with Crippen LogP contribution in [0.2, 0.25) is 0 Å². The predicted octanol–water partition coefficient (Wildman–Crippen LogP) is 6.14. The number of hydrogen-bond donors (Lipinski definition) is 0. The van der Waals surface area contributed by atoms with Gasteiger partial charge in [-0.05, 0) is 55.3 Å². The van der Waals surface area contributed by atoms with Gasteiger partial charge in [-0.1, -0.05) is 55.3 Å². The molecule has 120 valence electrons. The predicted molar refractivity (Wildman–Crippen MR) is 104 cm³/mol. The second-order valence-corrected chi connectivity index (χ2v) is 7.41. The van der Waals surface area contributed by atoms with E-state index in [0.717, 1.165) is 17.8 Å². The Morgan fingerprint density at radius 2 is 1.67 bits per heavy atom. The second-order valence-electron chi connectivity index (χ2n) is 7.41. The number of nitrogens with zero attached hydrogens (tertiary/aromatic N) is 1. The smallest absolute Gasteiger partial charge is 0.0789 e. The van der Waals surface area contributed by atoms with Gasteiger partial charge in [0.15, 0.2) is 0 Å². The molecule has 0 aliphatic carbocycles. The number of aliphatic imine (C=N–C) groups is 1. The Balaban J connectivity index is 1.92. The molecule has 0 amide bonds. The monoisotopic (exact) mass is 313 g/mol. The molecule has 0 aromatic heterocycles. The molecule has 4 rings (SSSR count). The fourth-order valence-corrected chi connectivity index (χ4v) is 3.87. The molecule has 0 saturated heterocycles. The SMILES string of the molecule is Cc1cc(C)cc(C2=Nc3cccc4c(CC(C)C)ccc2c34)c1. The van der Waals surface area contributed by atoms with Gasteiger partial charge in [0.05, 0.1) is 11.4 Å². The van der Waals surface area contributed by atoms with E-state index < -0.39 is 0 Å². The summed E-state index contributed by atoms with van der Waals surface area (Å²) < 4.78 is 0. The van der Waals surface area contributed by atoms with Crippen LogP contribution in [0.4, 0.5) is 5.69 Å². The van der Waals surface area contributed by atoms with Crippen molar-refractivity contribution in [3.63, 3.8) is 0 Å². The van der Waals surface area contributed by atoms with Crippen LogP contribution in [0.25, 0.3) is 10.8 Å². The molecule has 0 unspecified atom stereocenters. The maximum atomic E-state index is 4.99. The van der Waals surface area contributed by atoms with Crippen molar-refractivity contribution >= 4 is 22.2 Å². The van der Waals surface area contributed by atoms with E-state index in [0.29, 0.717) is 5.92 Å². The fourth-order valence-electron chi connectivity index (χ4n) is 3.87. The van der Waals surface area contributed by atoms with Crippen LogP contribution in [-0.4, -0.2) is 5.71 Å². The van der Waals surface area contributed by atoms with Gasteiger partial charge in [-0.25, -0.2) is 4.99 Å². The first-order valence-corrected chi connectivity index (χ1v) is 8.75. The third-order valence-electron chi connectivity index (χ3n) is 4.72. The molecule has 1 heteroatoms. The Labute approximate surface area is 144 Å². The first kappa shape index (κ1) is 15.1. The first-order chi connectivity index (χ1) is 11.5. The normalized spacial score (nSPS) is 13.0. The highest BCUT2D eigenvalue weighted by atomic mass is 14.8. The lowest BCUT2D eigenvalue weighted by Gasteiger charge is -2.12. The summed E-state index contributed by atoms with van der Waals surface area (Å²) in [6.45, 7) is 8.86. The molecule has 0 N–H and O–H groups in total. The van der Waals surface area contributed by atoms with Gasteiger partial charge in [-0.2, -0.15) is 0 Å². The van der Waals surface area contributed by atoms with Crippen LogP contribution in [0.15, 0.2) is 53.5 Å². The van der Waals surface area contributed by atoms with E-state index in [4.69, 9.17) is 4.99 Å². The zero-order chi connectivity index (χ0) is 16.8. The number of hydrogen-bond acceptors (Lipinski definition) is 1. The Morgan fingerprint density at radius 1 is 0.917 bits per heavy atom. The molecule has 3 aromatic carbocycles. The lowest BCUT2D eigenvalue weighted by atomic mass is 9.91. The summed E-state index contributed by atoms with van der Waals surface area (Å²) in [7, 11) is 0. The summed E-state index contributed by atoms with van der Waals surface area (Å²) in [5.74, 6) is 0.656. The Hall–Kier alpha value is -2.41. The van der Waals surface area contributed by atoms with Gasteiger partial charge in [0, 0.05) is 16.5 Å². The highest BCUT2D eigenvalue weighted by Gasteiger charge is 2.21. The van der Waals surface area contributed by atoms with Gasteiger partial charge in [0.25, 0.3) is 0 Å². The summed E-state index contributed by atoms with van der Waals surface area (Å²) >= 11 is 0. The van der Waals surface area contributed by atoms with Crippen molar-refractivity contribution < 1.29 is 0 Å². The molecule has 0 radical (unpaired) electrons. The highest BCUT2D eigenvalue weighted by Crippen LogP contribution is 2.39. The largest absolute Gasteiger partial charge is 0.247 e. The van der Waals surface area contributed by atoms with Gasteiger partial charge in [0.2, 0.25) is 0 Å². The van der Waals surface area contributed by atoms with Crippen LogP contribution in [-0.2, 0) is 6.42 Å². The zero-order valence-corrected chi connectivity index (χ0v) is 14.9. The van der Waals surface area contributed by atoms with Gasteiger partial charge >= 0.3 is 0 Å². The van der Waals surface area contributed by atoms with Crippen LogP contribution >= 0.6 is 0 Å². The minimum atomic E-state index is 0.656. The average molecular weight is 313 g/mol. The molecule has 0 spiro atoms. The summed E-state index contributed by atoms with van der Waals surface area (Å²) in [6, 6.07) is 17.8. The van der Waals surface area contributed by atoms with Gasteiger partial charge < -0.3 is 0 Å². The molecule has 1 aliphatic rings. The van der Waals surface area contributed by atoms with Crippen molar-refractivity contribution in [2.45, 2.75) is 34.1 Å². The Bertz CT molecular complexity index is 956. The highest BCUT2D eigenvalue weighted by molar-refractivity contribution is 6.26. The molecular weight excluding hydrogens is 290 g/mol. The van der Waals surface area contributed by atoms with E-state index in [1.807, 2.05) is 0 Å². The molecule has 0 saturated carbocycles. The van der Waals surface area contributed by atoms with Crippen molar-refractivity contribution in [3.8, 4) is 0 Å². The molecule has 24 heavy (non-hydrogen) atoms. The molecule has 3 aromatic rings. The minimum Gasteiger partial charge on any atom is -0.247 e. The van der Waals surface area contributed by atoms with Crippen LogP contribution in [0.1, 0.15) is 41.7 Å². The van der Waals surface area contributed by atoms with E-state index in [9.17, 15) is 0 Å². The van der Waals surface area contributed by atoms with Crippen molar-refractivity contribution in [1.29, 1.82) is 0 Å². The number of rotatable bonds is 3. The van der Waals surface area contributed by atoms with Crippen molar-refractivity contribution in [1.82, 2.24) is 0 Å². The molecule has 1 aliphatic heterocycles. The first-order valence-electron chi connectivity index (χ1n) is 8.75. The van der Waals surface area contributed by atoms with E-state index in [2.05, 4.69) is 76.2 Å². The van der Waals surface area contributed by atoms with Crippen LogP contribution in [0.3, 0.4) is 0 Å². The molecule has 1 heterocycles. The molecule has 0 fully saturated rings. The molecule has 0 atom stereocenters. The summed E-state index contributed by atoms with van der Waals surface area (Å²) in [5.41, 5.74) is 8.74. The maximum absolute atomic E-state index is 4.99. The maximum Gasteiger partial charge on any atom is 0.0789 e. The van der Waals surface area contributed by atoms with E-state index in [1.165, 1.54) is 38.6 Å². The topological polar surface area (TPSA) is 12.4 Å². The summed E-state index contributed by atoms with van der Waals surface area (Å²) in [5, 5.41) is 2.69. The summed E-state index contributed by atoms with van der Waals surface area (Å²) in [6.07, 6.45) is 1.11. The lowest BCUT2D eigenvalue weighted by Crippen LogP contribution is -2.03. The van der Waals surface area contributed by atoms with Crippen molar-refractivity contribution in [2.75, 3.05) is 0 Å². The van der Waals surface area contributed by atoms with E-state index in [1.54, 1.807) is 0 Å². The van der Waals surface area contributed by atoms with Crippen molar-refractivity contribution in [2.24, 2.45) is 10.9 Å². The fraction of sp³-hybridized carbons (Fsp3) is 0.261. The number of aryl methyl sites for hydroxylation is 2. The standard InChI is InChI=1S/C23H23N/c1-14(2)10-17-8-9-20-22-19(17)6-5-7-21(22)24-23(20)18-12-15(3)11-16(4)13-18/h5-9,11-14H,10H2,1-4H3.